The highest BCUT2D eigenvalue weighted by Crippen LogP contribution is 2.34. The van der Waals surface area contributed by atoms with Crippen molar-refractivity contribution in [2.24, 2.45) is 0 Å². The Morgan fingerprint density at radius 1 is 1.21 bits per heavy atom. The lowest BCUT2D eigenvalue weighted by atomic mass is 10.1. The molecule has 2 heterocycles. The molecule has 0 unspecified atom stereocenters. The fourth-order valence-corrected chi connectivity index (χ4v) is 3.47. The van der Waals surface area contributed by atoms with Gasteiger partial charge < -0.3 is 24.1 Å². The third-order valence-corrected chi connectivity index (χ3v) is 5.03. The summed E-state index contributed by atoms with van der Waals surface area (Å²) in [6.45, 7) is 1.54. The highest BCUT2D eigenvalue weighted by molar-refractivity contribution is 7.18. The van der Waals surface area contributed by atoms with Gasteiger partial charge in [-0.05, 0) is 18.6 Å². The number of esters is 2. The van der Waals surface area contributed by atoms with Crippen LogP contribution in [0.5, 0.6) is 0 Å². The second-order valence-electron chi connectivity index (χ2n) is 5.94. The fraction of sp³-hybridized carbons (Fsp3) is 0.263. The molecule has 29 heavy (non-hydrogen) atoms. The number of nitrogens with zero attached hydrogens (tertiary/aromatic N) is 2. The Morgan fingerprint density at radius 2 is 1.86 bits per heavy atom. The van der Waals surface area contributed by atoms with Crippen LogP contribution in [-0.4, -0.2) is 46.2 Å². The third kappa shape index (κ3) is 4.64. The number of carbonyl (C=O) groups excluding carboxylic acids is 3. The summed E-state index contributed by atoms with van der Waals surface area (Å²) in [7, 11) is 5.97. The Labute approximate surface area is 171 Å². The smallest absolute Gasteiger partial charge is 0.348 e. The van der Waals surface area contributed by atoms with Gasteiger partial charge in [-0.3, -0.25) is 4.79 Å². The van der Waals surface area contributed by atoms with Gasteiger partial charge in [0.15, 0.2) is 5.88 Å². The number of amides is 1. The topological polar surface area (TPSA) is 122 Å². The predicted octanol–water partition coefficient (Wildman–Crippen LogP) is 2.83. The summed E-state index contributed by atoms with van der Waals surface area (Å²) in [5.41, 5.74) is 0.0933. The number of nitrogens with one attached hydrogen (secondary N) is 1. The maximum absolute atomic E-state index is 12.6. The van der Waals surface area contributed by atoms with Crippen LogP contribution >= 0.6 is 11.3 Å². The number of methoxy groups -OCH3 is 2. The summed E-state index contributed by atoms with van der Waals surface area (Å²) in [5, 5.41) is 11.9. The maximum atomic E-state index is 12.6. The van der Waals surface area contributed by atoms with Crippen LogP contribution in [0.25, 0.3) is 6.08 Å². The SMILES string of the molecule is COC(=O)c1sc(NC(=O)/C(C#N)=C/c2ccc(N(C)C)o2)c(C(=O)OC)c1C. The van der Waals surface area contributed by atoms with E-state index in [4.69, 9.17) is 13.9 Å². The van der Waals surface area contributed by atoms with E-state index in [-0.39, 0.29) is 21.0 Å². The first-order chi connectivity index (χ1) is 13.7. The molecular formula is C19H19N3O6S. The van der Waals surface area contributed by atoms with Crippen molar-refractivity contribution < 1.29 is 28.3 Å². The third-order valence-electron chi connectivity index (χ3n) is 3.84. The average molecular weight is 417 g/mol. The molecule has 1 N–H and O–H groups in total. The van der Waals surface area contributed by atoms with Crippen LogP contribution in [0.15, 0.2) is 22.1 Å². The Bertz CT molecular complexity index is 1030. The van der Waals surface area contributed by atoms with Gasteiger partial charge in [0.05, 0.1) is 19.8 Å². The molecule has 0 aromatic carbocycles. The molecule has 0 saturated carbocycles. The standard InChI is InChI=1S/C19H19N3O6S/c1-10-14(18(24)26-4)17(29-15(10)19(25)27-5)21-16(23)11(9-20)8-12-6-7-13(28-12)22(2)3/h6-8H,1-5H3,(H,21,23)/b11-8+. The number of carbonyl (C=O) groups is 3. The zero-order valence-electron chi connectivity index (χ0n) is 16.5. The molecule has 0 atom stereocenters. The molecule has 0 bridgehead atoms. The zero-order chi connectivity index (χ0) is 21.7. The van der Waals surface area contributed by atoms with Crippen molar-refractivity contribution in [3.8, 4) is 6.07 Å². The van der Waals surface area contributed by atoms with E-state index in [9.17, 15) is 19.6 Å². The van der Waals surface area contributed by atoms with Gasteiger partial charge in [0.1, 0.15) is 27.3 Å². The van der Waals surface area contributed by atoms with Crippen LogP contribution in [0.4, 0.5) is 10.9 Å². The van der Waals surface area contributed by atoms with Gasteiger partial charge in [0.25, 0.3) is 5.91 Å². The van der Waals surface area contributed by atoms with Crippen LogP contribution < -0.4 is 10.2 Å². The van der Waals surface area contributed by atoms with Crippen LogP contribution in [0.1, 0.15) is 31.4 Å². The van der Waals surface area contributed by atoms with Crippen LogP contribution in [0.2, 0.25) is 0 Å². The van der Waals surface area contributed by atoms with E-state index >= 15 is 0 Å². The van der Waals surface area contributed by atoms with Gasteiger partial charge in [0, 0.05) is 26.2 Å². The number of anilines is 2. The first-order valence-corrected chi connectivity index (χ1v) is 9.05. The monoisotopic (exact) mass is 417 g/mol. The Kier molecular flexibility index (Phi) is 6.80. The number of nitriles is 1. The van der Waals surface area contributed by atoms with Gasteiger partial charge in [-0.15, -0.1) is 11.3 Å². The van der Waals surface area contributed by atoms with Crippen molar-refractivity contribution in [2.45, 2.75) is 6.92 Å². The van der Waals surface area contributed by atoms with E-state index in [1.165, 1.54) is 27.2 Å². The summed E-state index contributed by atoms with van der Waals surface area (Å²) in [6.07, 6.45) is 1.28. The van der Waals surface area contributed by atoms with Crippen LogP contribution in [0, 0.1) is 18.3 Å². The molecule has 0 fully saturated rings. The normalized spacial score (nSPS) is 10.8. The summed E-state index contributed by atoms with van der Waals surface area (Å²) in [6, 6.07) is 5.11. The number of thiophene rings is 1. The highest BCUT2D eigenvalue weighted by Gasteiger charge is 2.27. The quantitative estimate of drug-likeness (QED) is 0.432. The molecule has 0 aliphatic carbocycles. The lowest BCUT2D eigenvalue weighted by Gasteiger charge is -2.06. The second kappa shape index (κ2) is 9.07. The molecule has 0 saturated heterocycles. The predicted molar refractivity (Wildman–Crippen MR) is 107 cm³/mol. The van der Waals surface area contributed by atoms with Gasteiger partial charge in [0.2, 0.25) is 0 Å². The van der Waals surface area contributed by atoms with Gasteiger partial charge in [-0.1, -0.05) is 0 Å². The minimum atomic E-state index is -0.766. The molecule has 2 rings (SSSR count). The molecule has 2 aromatic rings. The van der Waals surface area contributed by atoms with Crippen molar-refractivity contribution in [3.05, 3.63) is 39.5 Å². The molecule has 0 aliphatic heterocycles. The van der Waals surface area contributed by atoms with E-state index < -0.39 is 17.8 Å². The van der Waals surface area contributed by atoms with Crippen molar-refractivity contribution in [1.82, 2.24) is 0 Å². The molecule has 0 radical (unpaired) electrons. The van der Waals surface area contributed by atoms with Crippen molar-refractivity contribution in [1.29, 1.82) is 5.26 Å². The Morgan fingerprint density at radius 3 is 2.38 bits per heavy atom. The molecule has 9 nitrogen and oxygen atoms in total. The Hall–Kier alpha value is -3.58. The highest BCUT2D eigenvalue weighted by atomic mass is 32.1. The molecule has 0 aliphatic rings. The number of hydrogen-bond acceptors (Lipinski definition) is 9. The molecule has 152 valence electrons. The zero-order valence-corrected chi connectivity index (χ0v) is 17.3. The fourth-order valence-electron chi connectivity index (χ4n) is 2.36. The summed E-state index contributed by atoms with van der Waals surface area (Å²) in [4.78, 5) is 38.5. The van der Waals surface area contributed by atoms with Gasteiger partial charge in [-0.25, -0.2) is 9.59 Å². The lowest BCUT2D eigenvalue weighted by molar-refractivity contribution is -0.112. The van der Waals surface area contributed by atoms with E-state index in [2.05, 4.69) is 5.32 Å². The van der Waals surface area contributed by atoms with E-state index in [0.29, 0.717) is 17.2 Å². The minimum absolute atomic E-state index is 0.0245. The van der Waals surface area contributed by atoms with Gasteiger partial charge in [-0.2, -0.15) is 5.26 Å². The number of hydrogen-bond donors (Lipinski definition) is 1. The first kappa shape index (κ1) is 21.7. The van der Waals surface area contributed by atoms with E-state index in [1.807, 2.05) is 0 Å². The molecule has 0 spiro atoms. The largest absolute Gasteiger partial charge is 0.465 e. The second-order valence-corrected chi connectivity index (χ2v) is 6.96. The molecule has 10 heteroatoms. The molecule has 2 aromatic heterocycles. The van der Waals surface area contributed by atoms with Crippen LogP contribution in [0.3, 0.4) is 0 Å². The number of rotatable bonds is 6. The Balaban J connectivity index is 2.39. The van der Waals surface area contributed by atoms with Crippen LogP contribution in [-0.2, 0) is 14.3 Å². The van der Waals surface area contributed by atoms with Crippen molar-refractivity contribution in [2.75, 3.05) is 38.5 Å². The summed E-state index contributed by atoms with van der Waals surface area (Å²) in [5.74, 6) is -1.28. The van der Waals surface area contributed by atoms with Gasteiger partial charge >= 0.3 is 11.9 Å². The van der Waals surface area contributed by atoms with Crippen molar-refractivity contribution in [3.63, 3.8) is 0 Å². The molecule has 1 amide bonds. The maximum Gasteiger partial charge on any atom is 0.348 e. The minimum Gasteiger partial charge on any atom is -0.465 e. The summed E-state index contributed by atoms with van der Waals surface area (Å²) < 4.78 is 15.0. The summed E-state index contributed by atoms with van der Waals surface area (Å²) >= 11 is 0.859. The number of furan rings is 1. The number of ether oxygens (including phenoxy) is 2. The van der Waals surface area contributed by atoms with Crippen molar-refractivity contribution >= 4 is 46.1 Å². The average Bonchev–Trinajstić information content (AvgIpc) is 3.29. The van der Waals surface area contributed by atoms with E-state index in [0.717, 1.165) is 11.3 Å². The first-order valence-electron chi connectivity index (χ1n) is 8.23. The molecular weight excluding hydrogens is 398 g/mol. The lowest BCUT2D eigenvalue weighted by Crippen LogP contribution is -2.15. The van der Waals surface area contributed by atoms with E-state index in [1.54, 1.807) is 37.2 Å².